The number of hydrogen-bond acceptors (Lipinski definition) is 2. The fourth-order valence-corrected chi connectivity index (χ4v) is 2.58. The number of nitrogens with one attached hydrogen (secondary N) is 2. The fourth-order valence-electron chi connectivity index (χ4n) is 2.14. The summed E-state index contributed by atoms with van der Waals surface area (Å²) in [7, 11) is 0. The smallest absolute Gasteiger partial charge is 0.170 e. The molecule has 2 aromatic rings. The van der Waals surface area contributed by atoms with Gasteiger partial charge in [0.25, 0.3) is 0 Å². The predicted molar refractivity (Wildman–Crippen MR) is 92.2 cm³/mol. The van der Waals surface area contributed by atoms with E-state index >= 15 is 0 Å². The van der Waals surface area contributed by atoms with E-state index in [0.29, 0.717) is 11.7 Å². The second kappa shape index (κ2) is 6.91. The van der Waals surface area contributed by atoms with E-state index in [-0.39, 0.29) is 0 Å². The zero-order valence-corrected chi connectivity index (χ0v) is 14.0. The minimum Gasteiger partial charge on any atom is -0.363 e. The first kappa shape index (κ1) is 15.8. The van der Waals surface area contributed by atoms with Gasteiger partial charge in [-0.15, -0.1) is 0 Å². The van der Waals surface area contributed by atoms with E-state index in [9.17, 15) is 0 Å². The van der Waals surface area contributed by atoms with Crippen molar-refractivity contribution in [3.63, 3.8) is 0 Å². The van der Waals surface area contributed by atoms with Crippen LogP contribution in [0.15, 0.2) is 24.3 Å². The molecule has 21 heavy (non-hydrogen) atoms. The number of aromatic nitrogens is 2. The van der Waals surface area contributed by atoms with Gasteiger partial charge in [-0.2, -0.15) is 5.10 Å². The maximum Gasteiger partial charge on any atom is 0.170 e. The molecule has 0 radical (unpaired) electrons. The van der Waals surface area contributed by atoms with Gasteiger partial charge in [-0.25, -0.2) is 0 Å². The number of thiocarbonyl (C=S) groups is 1. The van der Waals surface area contributed by atoms with Crippen LogP contribution in [0, 0.1) is 13.8 Å². The molecule has 4 nitrogen and oxygen atoms in total. The van der Waals surface area contributed by atoms with Gasteiger partial charge in [-0.1, -0.05) is 29.8 Å². The van der Waals surface area contributed by atoms with Crippen LogP contribution in [-0.4, -0.2) is 21.4 Å². The molecule has 0 aliphatic rings. The van der Waals surface area contributed by atoms with Crippen LogP contribution >= 0.6 is 23.8 Å². The van der Waals surface area contributed by atoms with Crippen LogP contribution in [0.2, 0.25) is 5.02 Å². The molecule has 2 rings (SSSR count). The third-order valence-corrected chi connectivity index (χ3v) is 3.85. The Morgan fingerprint density at radius 1 is 1.33 bits per heavy atom. The molecular weight excluding hydrogens is 304 g/mol. The minimum absolute atomic E-state index is 0.612. The number of nitrogens with zero attached hydrogens (tertiary/aromatic N) is 2. The summed E-state index contributed by atoms with van der Waals surface area (Å²) in [5.41, 5.74) is 3.95. The average Bonchev–Trinajstić information content (AvgIpc) is 2.69. The summed E-state index contributed by atoms with van der Waals surface area (Å²) in [6.07, 6.45) is 0. The van der Waals surface area contributed by atoms with E-state index < -0.39 is 0 Å². The van der Waals surface area contributed by atoms with Crippen molar-refractivity contribution in [1.29, 1.82) is 0 Å². The van der Waals surface area contributed by atoms with E-state index in [1.165, 1.54) is 0 Å². The van der Waals surface area contributed by atoms with Gasteiger partial charge in [0.15, 0.2) is 5.11 Å². The lowest BCUT2D eigenvalue weighted by molar-refractivity contribution is 0.659. The van der Waals surface area contributed by atoms with Crippen LogP contribution in [0.4, 0.5) is 5.69 Å². The van der Waals surface area contributed by atoms with E-state index in [0.717, 1.165) is 34.2 Å². The number of halogens is 1. The Labute approximate surface area is 135 Å². The highest BCUT2D eigenvalue weighted by molar-refractivity contribution is 7.80. The minimum atomic E-state index is 0.612. The van der Waals surface area contributed by atoms with Crippen molar-refractivity contribution in [2.45, 2.75) is 27.3 Å². The molecule has 112 valence electrons. The molecule has 0 saturated carbocycles. The number of rotatable bonds is 4. The van der Waals surface area contributed by atoms with Crippen LogP contribution in [-0.2, 0) is 6.54 Å². The first-order chi connectivity index (χ1) is 10.0. The second-order valence-electron chi connectivity index (χ2n) is 4.78. The van der Waals surface area contributed by atoms with Crippen LogP contribution < -0.4 is 10.6 Å². The Kier molecular flexibility index (Phi) is 5.20. The average molecular weight is 323 g/mol. The molecule has 2 N–H and O–H groups in total. The van der Waals surface area contributed by atoms with Crippen LogP contribution in [0.3, 0.4) is 0 Å². The van der Waals surface area contributed by atoms with Crippen molar-refractivity contribution >= 4 is 34.6 Å². The van der Waals surface area contributed by atoms with Crippen molar-refractivity contribution in [2.24, 2.45) is 0 Å². The number of benzene rings is 1. The topological polar surface area (TPSA) is 41.9 Å². The largest absolute Gasteiger partial charge is 0.363 e. The Balaban J connectivity index is 2.23. The van der Waals surface area contributed by atoms with Gasteiger partial charge in [0.1, 0.15) is 0 Å². The van der Waals surface area contributed by atoms with Gasteiger partial charge < -0.3 is 10.6 Å². The monoisotopic (exact) mass is 322 g/mol. The van der Waals surface area contributed by atoms with E-state index in [4.69, 9.17) is 23.8 Å². The van der Waals surface area contributed by atoms with Crippen molar-refractivity contribution in [3.8, 4) is 0 Å². The molecule has 0 aliphatic carbocycles. The molecule has 6 heteroatoms. The molecule has 1 aromatic heterocycles. The van der Waals surface area contributed by atoms with Crippen molar-refractivity contribution in [1.82, 2.24) is 15.1 Å². The first-order valence-corrected chi connectivity index (χ1v) is 7.63. The normalized spacial score (nSPS) is 10.5. The Bertz CT molecular complexity index is 651. The second-order valence-corrected chi connectivity index (χ2v) is 5.59. The van der Waals surface area contributed by atoms with Crippen molar-refractivity contribution in [3.05, 3.63) is 46.2 Å². The first-order valence-electron chi connectivity index (χ1n) is 6.85. The molecular formula is C15H19ClN4S. The van der Waals surface area contributed by atoms with Crippen LogP contribution in [0.5, 0.6) is 0 Å². The lowest BCUT2D eigenvalue weighted by Crippen LogP contribution is -2.28. The molecule has 1 heterocycles. The summed E-state index contributed by atoms with van der Waals surface area (Å²) >= 11 is 11.4. The summed E-state index contributed by atoms with van der Waals surface area (Å²) < 4.78 is 1.94. The molecule has 0 bridgehead atoms. The Morgan fingerprint density at radius 2 is 2.05 bits per heavy atom. The summed E-state index contributed by atoms with van der Waals surface area (Å²) in [6.45, 7) is 7.43. The van der Waals surface area contributed by atoms with Gasteiger partial charge in [-0.05, 0) is 44.6 Å². The molecule has 0 unspecified atom stereocenters. The maximum atomic E-state index is 6.21. The third kappa shape index (κ3) is 3.74. The third-order valence-electron chi connectivity index (χ3n) is 3.24. The molecule has 0 atom stereocenters. The van der Waals surface area contributed by atoms with E-state index in [2.05, 4.69) is 15.7 Å². The van der Waals surface area contributed by atoms with Gasteiger partial charge >= 0.3 is 0 Å². The maximum absolute atomic E-state index is 6.21. The van der Waals surface area contributed by atoms with Gasteiger partial charge in [0, 0.05) is 11.6 Å². The highest BCUT2D eigenvalue weighted by atomic mass is 35.5. The molecule has 0 fully saturated rings. The van der Waals surface area contributed by atoms with E-state index in [1.807, 2.05) is 49.7 Å². The fraction of sp³-hybridized carbons (Fsp3) is 0.333. The number of hydrogen-bond donors (Lipinski definition) is 2. The molecule has 0 saturated heterocycles. The zero-order chi connectivity index (χ0) is 15.4. The van der Waals surface area contributed by atoms with Crippen molar-refractivity contribution in [2.75, 3.05) is 11.9 Å². The lowest BCUT2D eigenvalue weighted by Gasteiger charge is -2.10. The summed E-state index contributed by atoms with van der Waals surface area (Å²) in [6, 6.07) is 7.80. The lowest BCUT2D eigenvalue weighted by atomic mass is 10.2. The summed E-state index contributed by atoms with van der Waals surface area (Å²) in [5, 5.41) is 12.2. The highest BCUT2D eigenvalue weighted by Gasteiger charge is 2.13. The SMILES string of the molecule is CCNC(=S)Nc1c(C)nn(Cc2ccccc2Cl)c1C. The Hall–Kier alpha value is -1.59. The molecule has 0 spiro atoms. The standard InChI is InChI=1S/C15H19ClN4S/c1-4-17-15(21)18-14-10(2)19-20(11(14)3)9-12-7-5-6-8-13(12)16/h5-8H,4,9H2,1-3H3,(H2,17,18,21). The van der Waals surface area contributed by atoms with Crippen LogP contribution in [0.25, 0.3) is 0 Å². The number of anilines is 1. The van der Waals surface area contributed by atoms with Crippen molar-refractivity contribution < 1.29 is 0 Å². The predicted octanol–water partition coefficient (Wildman–Crippen LogP) is 3.51. The quantitative estimate of drug-likeness (QED) is 0.845. The van der Waals surface area contributed by atoms with Gasteiger partial charge in [0.05, 0.1) is 23.6 Å². The zero-order valence-electron chi connectivity index (χ0n) is 12.4. The van der Waals surface area contributed by atoms with Gasteiger partial charge in [0.2, 0.25) is 0 Å². The highest BCUT2D eigenvalue weighted by Crippen LogP contribution is 2.22. The van der Waals surface area contributed by atoms with Gasteiger partial charge in [-0.3, -0.25) is 4.68 Å². The van der Waals surface area contributed by atoms with Crippen LogP contribution in [0.1, 0.15) is 23.9 Å². The Morgan fingerprint density at radius 3 is 2.71 bits per heavy atom. The molecule has 0 aliphatic heterocycles. The van der Waals surface area contributed by atoms with E-state index in [1.54, 1.807) is 0 Å². The molecule has 1 aromatic carbocycles. The number of aryl methyl sites for hydroxylation is 1. The summed E-state index contributed by atoms with van der Waals surface area (Å²) in [4.78, 5) is 0. The molecule has 0 amide bonds. The summed E-state index contributed by atoms with van der Waals surface area (Å²) in [5.74, 6) is 0.